The fourth-order valence-electron chi connectivity index (χ4n) is 4.85. The molecule has 0 saturated heterocycles. The monoisotopic (exact) mass is 545 g/mol. The molecule has 3 atom stereocenters. The molecule has 0 saturated carbocycles. The Morgan fingerprint density at radius 3 is 2.46 bits per heavy atom. The number of hydrogen-bond donors (Lipinski definition) is 0. The first-order valence-corrected chi connectivity index (χ1v) is 22.5. The Hall–Kier alpha value is 0.497. The summed E-state index contributed by atoms with van der Waals surface area (Å²) in [5.74, 6) is 1.19. The van der Waals surface area contributed by atoms with Crippen LogP contribution in [0.15, 0.2) is 46.1 Å². The molecule has 24 heavy (non-hydrogen) atoms. The number of hydrogen-bond acceptors (Lipinski definition) is 0. The second kappa shape index (κ2) is 7.62. The SMILES string of the molecule is CC1=C(C2=CC=CC2)C2=C(C(C)CCC(=[Si](C)C)C2C)[CH]1[Hf]([Cl])[Cl]. The predicted molar refractivity (Wildman–Crippen MR) is 107 cm³/mol. The van der Waals surface area contributed by atoms with E-state index in [0.717, 1.165) is 6.42 Å². The maximum absolute atomic E-state index is 6.71. The van der Waals surface area contributed by atoms with Crippen molar-refractivity contribution in [1.29, 1.82) is 0 Å². The molecule has 0 fully saturated rings. The van der Waals surface area contributed by atoms with Gasteiger partial charge in [0.1, 0.15) is 0 Å². The topological polar surface area (TPSA) is 0 Å². The van der Waals surface area contributed by atoms with Gasteiger partial charge in [-0.1, -0.05) is 0 Å². The van der Waals surface area contributed by atoms with Crippen LogP contribution in [0.1, 0.15) is 40.0 Å². The van der Waals surface area contributed by atoms with E-state index in [1.807, 2.05) is 5.17 Å². The minimum atomic E-state index is -2.58. The van der Waals surface area contributed by atoms with E-state index < -0.39 is 27.5 Å². The van der Waals surface area contributed by atoms with E-state index in [1.165, 1.54) is 29.6 Å². The van der Waals surface area contributed by atoms with Gasteiger partial charge in [0.25, 0.3) is 0 Å². The summed E-state index contributed by atoms with van der Waals surface area (Å²) in [7, 11) is 13.0. The van der Waals surface area contributed by atoms with Crippen molar-refractivity contribution < 1.29 is 19.1 Å². The van der Waals surface area contributed by atoms with Gasteiger partial charge in [0, 0.05) is 0 Å². The maximum atomic E-state index is 6.71. The molecule has 0 radical (unpaired) electrons. The summed E-state index contributed by atoms with van der Waals surface area (Å²) in [6.07, 6.45) is 10.4. The van der Waals surface area contributed by atoms with E-state index >= 15 is 0 Å². The van der Waals surface area contributed by atoms with Gasteiger partial charge in [-0.25, -0.2) is 0 Å². The van der Waals surface area contributed by atoms with Gasteiger partial charge >= 0.3 is 165 Å². The van der Waals surface area contributed by atoms with Crippen LogP contribution in [0, 0.1) is 11.8 Å². The summed E-state index contributed by atoms with van der Waals surface area (Å²) in [6, 6.07) is 0. The third kappa shape index (κ3) is 3.26. The molecule has 0 aromatic heterocycles. The zero-order valence-corrected chi connectivity index (χ0v) is 21.4. The van der Waals surface area contributed by atoms with Crippen molar-refractivity contribution in [3.8, 4) is 0 Å². The van der Waals surface area contributed by atoms with E-state index in [-0.39, 0.29) is 0 Å². The van der Waals surface area contributed by atoms with Crippen molar-refractivity contribution in [2.24, 2.45) is 11.8 Å². The Balaban J connectivity index is 2.22. The molecule has 4 heteroatoms. The molecule has 0 aromatic carbocycles. The van der Waals surface area contributed by atoms with Crippen LogP contribution in [0.4, 0.5) is 0 Å². The Morgan fingerprint density at radius 2 is 1.92 bits per heavy atom. The molecule has 3 aliphatic carbocycles. The van der Waals surface area contributed by atoms with Crippen LogP contribution in [0.5, 0.6) is 0 Å². The summed E-state index contributed by atoms with van der Waals surface area (Å²) in [5.41, 5.74) is 7.77. The molecule has 0 spiro atoms. The summed E-state index contributed by atoms with van der Waals surface area (Å²) < 4.78 is 0.408. The van der Waals surface area contributed by atoms with Crippen LogP contribution < -0.4 is 0 Å². The quantitative estimate of drug-likeness (QED) is 0.336. The Bertz CT molecular complexity index is 705. The Labute approximate surface area is 163 Å². The average molecular weight is 545 g/mol. The molecule has 0 aromatic rings. The van der Waals surface area contributed by atoms with Crippen molar-refractivity contribution >= 4 is 30.7 Å². The van der Waals surface area contributed by atoms with Crippen molar-refractivity contribution in [2.45, 2.75) is 56.8 Å². The van der Waals surface area contributed by atoms with Crippen LogP contribution in [-0.4, -0.2) is 13.6 Å². The van der Waals surface area contributed by atoms with Crippen molar-refractivity contribution in [3.63, 3.8) is 0 Å². The molecule has 0 amide bonds. The van der Waals surface area contributed by atoms with Gasteiger partial charge in [-0.15, -0.1) is 0 Å². The van der Waals surface area contributed by atoms with Crippen LogP contribution in [0.25, 0.3) is 0 Å². The van der Waals surface area contributed by atoms with Gasteiger partial charge in [-0.2, -0.15) is 0 Å². The molecule has 0 aliphatic heterocycles. The molecule has 0 N–H and O–H groups in total. The van der Waals surface area contributed by atoms with E-state index in [2.05, 4.69) is 52.1 Å². The predicted octanol–water partition coefficient (Wildman–Crippen LogP) is 6.79. The number of halogens is 2. The molecule has 129 valence electrons. The van der Waals surface area contributed by atoms with Crippen LogP contribution in [0.2, 0.25) is 16.8 Å². The van der Waals surface area contributed by atoms with Gasteiger partial charge in [-0.05, 0) is 0 Å². The van der Waals surface area contributed by atoms with Crippen LogP contribution in [-0.2, 0) is 19.1 Å². The third-order valence-electron chi connectivity index (χ3n) is 6.00. The Kier molecular flexibility index (Phi) is 6.12. The molecule has 3 unspecified atom stereocenters. The van der Waals surface area contributed by atoms with Crippen molar-refractivity contribution in [3.05, 3.63) is 46.1 Å². The zero-order chi connectivity index (χ0) is 17.6. The Morgan fingerprint density at radius 1 is 1.21 bits per heavy atom. The minimum absolute atomic E-state index is 0.392. The number of rotatable bonds is 2. The molecule has 0 heterocycles. The molecular formula is C20H27Cl2HfSi. The van der Waals surface area contributed by atoms with Crippen LogP contribution >= 0.6 is 17.2 Å². The molecular weight excluding hydrogens is 518 g/mol. The van der Waals surface area contributed by atoms with Gasteiger partial charge < -0.3 is 0 Å². The first kappa shape index (κ1) is 19.3. The standard InChI is InChI=1S/C20H27Si.2ClH.Hf/c1-13-10-11-18(21(4)5)15(3)20-17(13)12-14(2)19(20)16-8-6-7-9-16;;;/h6-8,12-13,15H,9-11H2,1-5H3;2*1H;/q;;;+2/p-2. The fraction of sp³-hybridized carbons (Fsp3) is 0.550. The van der Waals surface area contributed by atoms with Gasteiger partial charge in [0.05, 0.1) is 0 Å². The fourth-order valence-corrected chi connectivity index (χ4v) is 15.2. The zero-order valence-electron chi connectivity index (χ0n) is 15.3. The molecule has 0 nitrogen and oxygen atoms in total. The first-order chi connectivity index (χ1) is 11.3. The van der Waals surface area contributed by atoms with Crippen LogP contribution in [0.3, 0.4) is 0 Å². The van der Waals surface area contributed by atoms with Gasteiger partial charge in [0.15, 0.2) is 0 Å². The van der Waals surface area contributed by atoms with E-state index in [0.29, 0.717) is 15.5 Å². The average Bonchev–Trinajstić information content (AvgIpc) is 3.08. The van der Waals surface area contributed by atoms with E-state index in [9.17, 15) is 0 Å². The summed E-state index contributed by atoms with van der Waals surface area (Å²) in [4.78, 5) is 0. The van der Waals surface area contributed by atoms with E-state index in [4.69, 9.17) is 17.2 Å². The van der Waals surface area contributed by atoms with Gasteiger partial charge in [-0.3, -0.25) is 0 Å². The van der Waals surface area contributed by atoms with Gasteiger partial charge in [0.2, 0.25) is 0 Å². The summed E-state index contributed by atoms with van der Waals surface area (Å²) >= 11 is -2.58. The van der Waals surface area contributed by atoms with Crippen molar-refractivity contribution in [1.82, 2.24) is 0 Å². The second-order valence-electron chi connectivity index (χ2n) is 7.66. The second-order valence-corrected chi connectivity index (χ2v) is 22.7. The normalized spacial score (nSPS) is 29.9. The number of allylic oxidation sites excluding steroid dienone is 8. The molecule has 3 rings (SSSR count). The molecule has 0 bridgehead atoms. The third-order valence-corrected chi connectivity index (χ3v) is 15.8. The first-order valence-electron chi connectivity index (χ1n) is 8.99. The van der Waals surface area contributed by atoms with E-state index in [1.54, 1.807) is 11.1 Å². The molecule has 3 aliphatic rings. The summed E-state index contributed by atoms with van der Waals surface area (Å²) in [6.45, 7) is 12.1. The summed E-state index contributed by atoms with van der Waals surface area (Å²) in [5, 5.41) is 1.81. The van der Waals surface area contributed by atoms with Crippen molar-refractivity contribution in [2.75, 3.05) is 0 Å².